The first-order chi connectivity index (χ1) is 3.31. The van der Waals surface area contributed by atoms with Crippen molar-refractivity contribution in [3.8, 4) is 0 Å². The molecule has 0 rings (SSSR count). The minimum absolute atomic E-state index is 0. The molecule has 0 saturated heterocycles. The van der Waals surface area contributed by atoms with Gasteiger partial charge in [0, 0.05) is 6.04 Å². The van der Waals surface area contributed by atoms with E-state index in [0.717, 1.165) is 6.42 Å². The zero-order chi connectivity index (χ0) is 5.70. The second kappa shape index (κ2) is 7.56. The third kappa shape index (κ3) is 6.56. The summed E-state index contributed by atoms with van der Waals surface area (Å²) >= 11 is 0. The molecule has 0 aromatic heterocycles. The Morgan fingerprint density at radius 1 is 1.38 bits per heavy atom. The molecule has 2 heteroatoms. The molecule has 0 aromatic carbocycles. The second-order valence-corrected chi connectivity index (χ2v) is 1.96. The molecule has 0 heterocycles. The molecule has 0 fully saturated rings. The van der Waals surface area contributed by atoms with Crippen LogP contribution in [0.5, 0.6) is 0 Å². The summed E-state index contributed by atoms with van der Waals surface area (Å²) < 4.78 is 0. The van der Waals surface area contributed by atoms with Gasteiger partial charge in [-0.15, -0.1) is 0 Å². The van der Waals surface area contributed by atoms with Gasteiger partial charge < -0.3 is 5.73 Å². The monoisotopic (exact) mass is 109 g/mol. The van der Waals surface area contributed by atoms with Gasteiger partial charge in [-0.1, -0.05) is 20.3 Å². The third-order valence-electron chi connectivity index (χ3n) is 1.18. The zero-order valence-electron chi connectivity index (χ0n) is 5.28. The third-order valence-corrected chi connectivity index (χ3v) is 1.18. The van der Waals surface area contributed by atoms with E-state index < -0.39 is 0 Å². The summed E-state index contributed by atoms with van der Waals surface area (Å²) in [6.45, 7) is 4.29. The molecule has 0 bridgehead atoms. The summed E-state index contributed by atoms with van der Waals surface area (Å²) in [5.41, 5.74) is 5.58. The molecule has 0 aliphatic heterocycles. The van der Waals surface area contributed by atoms with E-state index in [-0.39, 0.29) is 18.9 Å². The van der Waals surface area contributed by atoms with Gasteiger partial charge >= 0.3 is 18.9 Å². The van der Waals surface area contributed by atoms with Crippen LogP contribution in [0.1, 0.15) is 33.1 Å². The minimum atomic E-state index is 0. The van der Waals surface area contributed by atoms with E-state index in [1.54, 1.807) is 0 Å². The molecular weight excluding hydrogens is 93.0 g/mol. The van der Waals surface area contributed by atoms with Crippen LogP contribution in [0.3, 0.4) is 0 Å². The second-order valence-electron chi connectivity index (χ2n) is 1.96. The quantitative estimate of drug-likeness (QED) is 0.535. The van der Waals surface area contributed by atoms with Gasteiger partial charge in [-0.2, -0.15) is 0 Å². The van der Waals surface area contributed by atoms with Gasteiger partial charge in [0.05, 0.1) is 0 Å². The molecule has 1 atom stereocenters. The molecule has 0 spiro atoms. The van der Waals surface area contributed by atoms with Crippen LogP contribution in [0, 0.1) is 0 Å². The Morgan fingerprint density at radius 3 is 2.00 bits per heavy atom. The van der Waals surface area contributed by atoms with Crippen molar-refractivity contribution in [2.45, 2.75) is 39.2 Å². The van der Waals surface area contributed by atoms with Crippen molar-refractivity contribution in [1.82, 2.24) is 0 Å². The van der Waals surface area contributed by atoms with Crippen molar-refractivity contribution in [2.75, 3.05) is 0 Å². The van der Waals surface area contributed by atoms with Crippen molar-refractivity contribution in [3.63, 3.8) is 0 Å². The van der Waals surface area contributed by atoms with E-state index in [2.05, 4.69) is 13.8 Å². The van der Waals surface area contributed by atoms with Crippen LogP contribution >= 0.6 is 0 Å². The van der Waals surface area contributed by atoms with E-state index in [9.17, 15) is 0 Å². The average Bonchev–Trinajstić information content (AvgIpc) is 1.68. The molecule has 1 unspecified atom stereocenters. The van der Waals surface area contributed by atoms with Gasteiger partial charge in [0.2, 0.25) is 0 Å². The van der Waals surface area contributed by atoms with E-state index in [1.165, 1.54) is 12.8 Å². The van der Waals surface area contributed by atoms with E-state index in [1.807, 2.05) is 0 Å². The SMILES string of the molecule is CCCC(N)CC.[LiH]. The predicted molar refractivity (Wildman–Crippen MR) is 40.3 cm³/mol. The standard InChI is InChI=1S/C6H15N.Li.H/c1-3-5-6(7)4-2;;/h6H,3-5,7H2,1-2H3;;. The first-order valence-electron chi connectivity index (χ1n) is 3.06. The Hall–Kier alpha value is 0.557. The van der Waals surface area contributed by atoms with Crippen LogP contribution in [-0.2, 0) is 0 Å². The van der Waals surface area contributed by atoms with Gasteiger partial charge in [-0.05, 0) is 12.8 Å². The maximum atomic E-state index is 5.58. The summed E-state index contributed by atoms with van der Waals surface area (Å²) in [4.78, 5) is 0. The first kappa shape index (κ1) is 11.4. The molecule has 0 saturated carbocycles. The molecule has 2 N–H and O–H groups in total. The molecule has 0 radical (unpaired) electrons. The fraction of sp³-hybridized carbons (Fsp3) is 1.00. The fourth-order valence-corrected chi connectivity index (χ4v) is 0.575. The van der Waals surface area contributed by atoms with Gasteiger partial charge in [0.25, 0.3) is 0 Å². The summed E-state index contributed by atoms with van der Waals surface area (Å²) in [5, 5.41) is 0. The number of nitrogens with two attached hydrogens (primary N) is 1. The fourth-order valence-electron chi connectivity index (χ4n) is 0.575. The Morgan fingerprint density at radius 2 is 1.88 bits per heavy atom. The molecule has 0 aliphatic carbocycles. The molecule has 8 heavy (non-hydrogen) atoms. The molecular formula is C6H16LiN. The molecule has 0 aromatic rings. The van der Waals surface area contributed by atoms with Crippen LogP contribution in [0.15, 0.2) is 0 Å². The topological polar surface area (TPSA) is 26.0 Å². The summed E-state index contributed by atoms with van der Waals surface area (Å²) in [6, 6.07) is 0.449. The Labute approximate surface area is 64.2 Å². The van der Waals surface area contributed by atoms with E-state index >= 15 is 0 Å². The van der Waals surface area contributed by atoms with Crippen LogP contribution < -0.4 is 5.73 Å². The first-order valence-corrected chi connectivity index (χ1v) is 3.06. The normalized spacial score (nSPS) is 12.4. The summed E-state index contributed by atoms with van der Waals surface area (Å²) in [5.74, 6) is 0. The molecule has 0 aliphatic rings. The van der Waals surface area contributed by atoms with Crippen molar-refractivity contribution in [3.05, 3.63) is 0 Å². The predicted octanol–water partition coefficient (Wildman–Crippen LogP) is 0.875. The van der Waals surface area contributed by atoms with Crippen LogP contribution in [0.4, 0.5) is 0 Å². The van der Waals surface area contributed by atoms with Gasteiger partial charge in [0.1, 0.15) is 0 Å². The maximum absolute atomic E-state index is 5.58. The number of hydrogen-bond donors (Lipinski definition) is 1. The van der Waals surface area contributed by atoms with Gasteiger partial charge in [-0.3, -0.25) is 0 Å². The zero-order valence-corrected chi connectivity index (χ0v) is 5.28. The Bertz CT molecular complexity index is 39.5. The number of rotatable bonds is 3. The van der Waals surface area contributed by atoms with Gasteiger partial charge in [-0.25, -0.2) is 0 Å². The van der Waals surface area contributed by atoms with Crippen LogP contribution in [0.25, 0.3) is 0 Å². The molecule has 0 amide bonds. The summed E-state index contributed by atoms with van der Waals surface area (Å²) in [6.07, 6.45) is 3.51. The number of hydrogen-bond acceptors (Lipinski definition) is 1. The average molecular weight is 109 g/mol. The van der Waals surface area contributed by atoms with Crippen LogP contribution in [-0.4, -0.2) is 24.9 Å². The van der Waals surface area contributed by atoms with E-state index in [4.69, 9.17) is 5.73 Å². The molecule has 1 nitrogen and oxygen atoms in total. The molecule has 46 valence electrons. The Kier molecular flexibility index (Phi) is 10.7. The summed E-state index contributed by atoms with van der Waals surface area (Å²) in [7, 11) is 0. The van der Waals surface area contributed by atoms with Crippen molar-refractivity contribution < 1.29 is 0 Å². The Balaban J connectivity index is 0. The van der Waals surface area contributed by atoms with Crippen molar-refractivity contribution >= 4 is 18.9 Å². The van der Waals surface area contributed by atoms with Crippen molar-refractivity contribution in [2.24, 2.45) is 5.73 Å². The van der Waals surface area contributed by atoms with E-state index in [0.29, 0.717) is 6.04 Å². The van der Waals surface area contributed by atoms with Crippen molar-refractivity contribution in [1.29, 1.82) is 0 Å². The van der Waals surface area contributed by atoms with Crippen LogP contribution in [0.2, 0.25) is 0 Å². The van der Waals surface area contributed by atoms with Gasteiger partial charge in [0.15, 0.2) is 0 Å².